The molecular formula is C11H20O4. The Balaban J connectivity index is 2.70. The molecule has 0 aromatic rings. The summed E-state index contributed by atoms with van der Waals surface area (Å²) in [4.78, 5) is 11.5. The van der Waals surface area contributed by atoms with Gasteiger partial charge in [-0.2, -0.15) is 0 Å². The van der Waals surface area contributed by atoms with Gasteiger partial charge in [0, 0.05) is 5.41 Å². The van der Waals surface area contributed by atoms with Crippen molar-refractivity contribution < 1.29 is 19.4 Å². The Morgan fingerprint density at radius 1 is 1.47 bits per heavy atom. The topological polar surface area (TPSA) is 55.8 Å². The Bertz CT molecular complexity index is 223. The van der Waals surface area contributed by atoms with Crippen LogP contribution in [0.5, 0.6) is 0 Å². The number of carbonyl (C=O) groups is 1. The van der Waals surface area contributed by atoms with Gasteiger partial charge in [0.05, 0.1) is 19.3 Å². The van der Waals surface area contributed by atoms with Crippen LogP contribution in [0.3, 0.4) is 0 Å². The number of carbonyl (C=O) groups excluding carboxylic acids is 1. The van der Waals surface area contributed by atoms with Crippen LogP contribution in [0.2, 0.25) is 0 Å². The van der Waals surface area contributed by atoms with Crippen LogP contribution in [0.4, 0.5) is 0 Å². The summed E-state index contributed by atoms with van der Waals surface area (Å²) in [6, 6.07) is 0. The molecule has 15 heavy (non-hydrogen) atoms. The maximum Gasteiger partial charge on any atom is 0.337 e. The van der Waals surface area contributed by atoms with Gasteiger partial charge in [0.2, 0.25) is 0 Å². The SMILES string of the molecule is CCOC(=O)[C@H]1OCC(CC)(CC)[C@@H]1O. The number of hydrogen-bond acceptors (Lipinski definition) is 4. The molecule has 1 aliphatic rings. The number of aliphatic hydroxyl groups excluding tert-OH is 1. The zero-order chi connectivity index (χ0) is 11.5. The standard InChI is InChI=1S/C11H20O4/c1-4-11(5-2)7-15-8(9(11)12)10(13)14-6-3/h8-9,12H,4-7H2,1-3H3/t8-,9+/m0/s1. The van der Waals surface area contributed by atoms with E-state index < -0.39 is 18.2 Å². The Morgan fingerprint density at radius 2 is 2.07 bits per heavy atom. The van der Waals surface area contributed by atoms with Crippen molar-refractivity contribution >= 4 is 5.97 Å². The summed E-state index contributed by atoms with van der Waals surface area (Å²) in [7, 11) is 0. The maximum atomic E-state index is 11.5. The van der Waals surface area contributed by atoms with Crippen LogP contribution >= 0.6 is 0 Å². The van der Waals surface area contributed by atoms with E-state index in [1.165, 1.54) is 0 Å². The summed E-state index contributed by atoms with van der Waals surface area (Å²) in [5.74, 6) is -0.450. The van der Waals surface area contributed by atoms with Gasteiger partial charge in [-0.1, -0.05) is 13.8 Å². The van der Waals surface area contributed by atoms with Crippen molar-refractivity contribution in [1.82, 2.24) is 0 Å². The van der Waals surface area contributed by atoms with E-state index in [0.29, 0.717) is 13.2 Å². The molecule has 4 heteroatoms. The maximum absolute atomic E-state index is 11.5. The van der Waals surface area contributed by atoms with Crippen molar-refractivity contribution in [2.75, 3.05) is 13.2 Å². The summed E-state index contributed by atoms with van der Waals surface area (Å²) in [5.41, 5.74) is -0.280. The molecule has 0 unspecified atom stereocenters. The molecule has 0 aliphatic carbocycles. The third-order valence-electron chi connectivity index (χ3n) is 3.39. The van der Waals surface area contributed by atoms with Crippen LogP contribution in [0.15, 0.2) is 0 Å². The highest BCUT2D eigenvalue weighted by Crippen LogP contribution is 2.39. The fourth-order valence-corrected chi connectivity index (χ4v) is 2.05. The summed E-state index contributed by atoms with van der Waals surface area (Å²) >= 11 is 0. The molecular weight excluding hydrogens is 196 g/mol. The van der Waals surface area contributed by atoms with E-state index in [9.17, 15) is 9.90 Å². The fourth-order valence-electron chi connectivity index (χ4n) is 2.05. The van der Waals surface area contributed by atoms with Gasteiger partial charge in [-0.25, -0.2) is 4.79 Å². The third-order valence-corrected chi connectivity index (χ3v) is 3.39. The van der Waals surface area contributed by atoms with E-state index in [1.54, 1.807) is 6.92 Å². The lowest BCUT2D eigenvalue weighted by atomic mass is 9.78. The third kappa shape index (κ3) is 2.16. The Kier molecular flexibility index (Phi) is 4.11. The lowest BCUT2D eigenvalue weighted by molar-refractivity contribution is -0.158. The molecule has 1 N–H and O–H groups in total. The van der Waals surface area contributed by atoms with Gasteiger partial charge >= 0.3 is 5.97 Å². The van der Waals surface area contributed by atoms with Crippen LogP contribution < -0.4 is 0 Å². The van der Waals surface area contributed by atoms with Gasteiger partial charge in [0.1, 0.15) is 0 Å². The number of aliphatic hydroxyl groups is 1. The summed E-state index contributed by atoms with van der Waals surface area (Å²) in [5, 5.41) is 10.1. The van der Waals surface area contributed by atoms with Gasteiger partial charge in [-0.3, -0.25) is 0 Å². The van der Waals surface area contributed by atoms with E-state index in [-0.39, 0.29) is 5.41 Å². The molecule has 88 valence electrons. The highest BCUT2D eigenvalue weighted by atomic mass is 16.6. The molecule has 0 spiro atoms. The molecule has 4 nitrogen and oxygen atoms in total. The zero-order valence-corrected chi connectivity index (χ0v) is 9.66. The van der Waals surface area contributed by atoms with E-state index in [4.69, 9.17) is 9.47 Å². The minimum atomic E-state index is -0.801. The molecule has 1 heterocycles. The van der Waals surface area contributed by atoms with Crippen molar-refractivity contribution in [3.05, 3.63) is 0 Å². The van der Waals surface area contributed by atoms with E-state index in [0.717, 1.165) is 12.8 Å². The van der Waals surface area contributed by atoms with Crippen LogP contribution in [-0.4, -0.2) is 36.5 Å². The minimum Gasteiger partial charge on any atom is -0.464 e. The van der Waals surface area contributed by atoms with E-state index in [1.807, 2.05) is 13.8 Å². The number of rotatable bonds is 4. The fraction of sp³-hybridized carbons (Fsp3) is 0.909. The average Bonchev–Trinajstić information content (AvgIpc) is 2.57. The molecule has 1 fully saturated rings. The summed E-state index contributed by atoms with van der Waals surface area (Å²) < 4.78 is 10.2. The molecule has 1 aliphatic heterocycles. The Hall–Kier alpha value is -0.610. The predicted octanol–water partition coefficient (Wildman–Crippen LogP) is 1.12. The quantitative estimate of drug-likeness (QED) is 0.715. The van der Waals surface area contributed by atoms with Crippen LogP contribution in [-0.2, 0) is 14.3 Å². The van der Waals surface area contributed by atoms with Crippen LogP contribution in [0, 0.1) is 5.41 Å². The first kappa shape index (κ1) is 12.5. The first-order valence-electron chi connectivity index (χ1n) is 5.57. The molecule has 0 saturated carbocycles. The summed E-state index contributed by atoms with van der Waals surface area (Å²) in [6.07, 6.45) is 0.0672. The van der Waals surface area contributed by atoms with Crippen molar-refractivity contribution in [1.29, 1.82) is 0 Å². The van der Waals surface area contributed by atoms with Gasteiger partial charge < -0.3 is 14.6 Å². The second-order valence-corrected chi connectivity index (χ2v) is 4.00. The number of hydrogen-bond donors (Lipinski definition) is 1. The van der Waals surface area contributed by atoms with Crippen molar-refractivity contribution in [3.8, 4) is 0 Å². The second-order valence-electron chi connectivity index (χ2n) is 4.00. The molecule has 1 saturated heterocycles. The normalized spacial score (nSPS) is 29.1. The number of ether oxygens (including phenoxy) is 2. The largest absolute Gasteiger partial charge is 0.464 e. The molecule has 0 radical (unpaired) electrons. The minimum absolute atomic E-state index is 0.280. The summed E-state index contributed by atoms with van der Waals surface area (Å²) in [6.45, 7) is 6.50. The van der Waals surface area contributed by atoms with Gasteiger partial charge in [-0.15, -0.1) is 0 Å². The first-order chi connectivity index (χ1) is 7.11. The van der Waals surface area contributed by atoms with Crippen molar-refractivity contribution in [2.24, 2.45) is 5.41 Å². The Labute approximate surface area is 90.6 Å². The van der Waals surface area contributed by atoms with E-state index in [2.05, 4.69) is 0 Å². The molecule has 0 bridgehead atoms. The first-order valence-corrected chi connectivity index (χ1v) is 5.57. The monoisotopic (exact) mass is 216 g/mol. The smallest absolute Gasteiger partial charge is 0.337 e. The average molecular weight is 216 g/mol. The lowest BCUT2D eigenvalue weighted by Crippen LogP contribution is -2.40. The zero-order valence-electron chi connectivity index (χ0n) is 9.66. The molecule has 1 rings (SSSR count). The molecule has 0 aromatic carbocycles. The van der Waals surface area contributed by atoms with Gasteiger partial charge in [0.25, 0.3) is 0 Å². The van der Waals surface area contributed by atoms with Gasteiger partial charge in [0.15, 0.2) is 6.10 Å². The molecule has 0 amide bonds. The Morgan fingerprint density at radius 3 is 2.47 bits per heavy atom. The van der Waals surface area contributed by atoms with Crippen molar-refractivity contribution in [2.45, 2.75) is 45.8 Å². The highest BCUT2D eigenvalue weighted by molar-refractivity contribution is 5.76. The highest BCUT2D eigenvalue weighted by Gasteiger charge is 2.50. The second kappa shape index (κ2) is 4.94. The molecule has 2 atom stereocenters. The lowest BCUT2D eigenvalue weighted by Gasteiger charge is -2.28. The van der Waals surface area contributed by atoms with Crippen LogP contribution in [0.1, 0.15) is 33.6 Å². The molecule has 0 aromatic heterocycles. The van der Waals surface area contributed by atoms with E-state index >= 15 is 0 Å². The number of esters is 1. The van der Waals surface area contributed by atoms with Crippen LogP contribution in [0.25, 0.3) is 0 Å². The predicted molar refractivity (Wildman–Crippen MR) is 55.4 cm³/mol. The van der Waals surface area contributed by atoms with Gasteiger partial charge in [-0.05, 0) is 19.8 Å². The van der Waals surface area contributed by atoms with Crippen molar-refractivity contribution in [3.63, 3.8) is 0 Å².